The van der Waals surface area contributed by atoms with E-state index in [4.69, 9.17) is 0 Å². The molecular weight excluding hydrogens is 280 g/mol. The third kappa shape index (κ3) is 2.46. The van der Waals surface area contributed by atoms with E-state index in [1.54, 1.807) is 29.2 Å². The summed E-state index contributed by atoms with van der Waals surface area (Å²) < 4.78 is 0. The fraction of sp³-hybridized carbons (Fsp3) is 0.231. The SMILES string of the molecule is O=C1CC(S)CN1c1nc(-c2ccc(O)cc2)cs1. The van der Waals surface area contributed by atoms with Crippen LogP contribution in [0, 0.1) is 0 Å². The lowest BCUT2D eigenvalue weighted by Crippen LogP contribution is -2.24. The van der Waals surface area contributed by atoms with Gasteiger partial charge in [-0.1, -0.05) is 0 Å². The predicted octanol–water partition coefficient (Wildman–Crippen LogP) is 2.55. The van der Waals surface area contributed by atoms with Crippen molar-refractivity contribution in [1.29, 1.82) is 0 Å². The van der Waals surface area contributed by atoms with Gasteiger partial charge in [-0.2, -0.15) is 12.6 Å². The summed E-state index contributed by atoms with van der Waals surface area (Å²) in [5, 5.41) is 12.0. The third-order valence-corrected chi connectivity index (χ3v) is 4.20. The molecule has 1 fully saturated rings. The van der Waals surface area contributed by atoms with Gasteiger partial charge >= 0.3 is 0 Å². The van der Waals surface area contributed by atoms with Crippen LogP contribution in [0.2, 0.25) is 0 Å². The molecule has 3 rings (SSSR count). The molecule has 1 saturated heterocycles. The molecule has 19 heavy (non-hydrogen) atoms. The number of phenolic OH excluding ortho intramolecular Hbond substituents is 1. The maximum atomic E-state index is 11.8. The molecule has 1 amide bonds. The fourth-order valence-electron chi connectivity index (χ4n) is 2.03. The Hall–Kier alpha value is -1.53. The second kappa shape index (κ2) is 4.86. The highest BCUT2D eigenvalue weighted by atomic mass is 32.1. The summed E-state index contributed by atoms with van der Waals surface area (Å²) in [6, 6.07) is 6.86. The van der Waals surface area contributed by atoms with Crippen LogP contribution in [-0.2, 0) is 4.79 Å². The number of hydrogen-bond acceptors (Lipinski definition) is 5. The molecule has 0 radical (unpaired) electrons. The zero-order valence-electron chi connectivity index (χ0n) is 9.98. The molecule has 2 aromatic rings. The first-order valence-corrected chi connectivity index (χ1v) is 7.26. The van der Waals surface area contributed by atoms with E-state index in [0.29, 0.717) is 18.1 Å². The van der Waals surface area contributed by atoms with E-state index in [1.165, 1.54) is 11.3 Å². The van der Waals surface area contributed by atoms with Crippen molar-refractivity contribution in [3.05, 3.63) is 29.6 Å². The Morgan fingerprint density at radius 1 is 1.37 bits per heavy atom. The van der Waals surface area contributed by atoms with E-state index in [2.05, 4.69) is 17.6 Å². The van der Waals surface area contributed by atoms with Crippen molar-refractivity contribution < 1.29 is 9.90 Å². The van der Waals surface area contributed by atoms with Gasteiger partial charge in [0.25, 0.3) is 0 Å². The van der Waals surface area contributed by atoms with Gasteiger partial charge in [0.05, 0.1) is 5.69 Å². The van der Waals surface area contributed by atoms with Gasteiger partial charge in [-0.25, -0.2) is 4.98 Å². The van der Waals surface area contributed by atoms with Crippen LogP contribution in [0.4, 0.5) is 5.13 Å². The number of hydrogen-bond donors (Lipinski definition) is 2. The van der Waals surface area contributed by atoms with Crippen LogP contribution < -0.4 is 4.90 Å². The van der Waals surface area contributed by atoms with Crippen LogP contribution in [0.15, 0.2) is 29.6 Å². The molecule has 2 heterocycles. The van der Waals surface area contributed by atoms with E-state index in [0.717, 1.165) is 11.3 Å². The normalized spacial score (nSPS) is 19.1. The Bertz CT molecular complexity index is 609. The Balaban J connectivity index is 1.87. The Labute approximate surface area is 120 Å². The molecule has 0 spiro atoms. The highest BCUT2D eigenvalue weighted by Crippen LogP contribution is 2.31. The zero-order chi connectivity index (χ0) is 13.4. The summed E-state index contributed by atoms with van der Waals surface area (Å²) >= 11 is 5.78. The quantitative estimate of drug-likeness (QED) is 0.836. The van der Waals surface area contributed by atoms with Crippen LogP contribution in [0.3, 0.4) is 0 Å². The molecule has 1 aromatic heterocycles. The molecule has 6 heteroatoms. The average Bonchev–Trinajstić information content (AvgIpc) is 2.97. The minimum atomic E-state index is 0.0756. The Kier molecular flexibility index (Phi) is 3.20. The van der Waals surface area contributed by atoms with Crippen LogP contribution in [0.25, 0.3) is 11.3 Å². The molecule has 0 saturated carbocycles. The number of carbonyl (C=O) groups is 1. The van der Waals surface area contributed by atoms with Crippen molar-refractivity contribution in [3.63, 3.8) is 0 Å². The lowest BCUT2D eigenvalue weighted by atomic mass is 10.2. The van der Waals surface area contributed by atoms with Gasteiger partial charge < -0.3 is 5.11 Å². The van der Waals surface area contributed by atoms with Crippen molar-refractivity contribution in [3.8, 4) is 17.0 Å². The largest absolute Gasteiger partial charge is 0.508 e. The lowest BCUT2D eigenvalue weighted by molar-refractivity contribution is -0.117. The molecule has 0 bridgehead atoms. The number of amides is 1. The highest BCUT2D eigenvalue weighted by Gasteiger charge is 2.30. The summed E-state index contributed by atoms with van der Waals surface area (Å²) in [6.07, 6.45) is 0.469. The van der Waals surface area contributed by atoms with E-state index in [1.807, 2.05) is 5.38 Å². The number of aromatic nitrogens is 1. The maximum absolute atomic E-state index is 11.8. The molecule has 1 atom stereocenters. The first-order chi connectivity index (χ1) is 9.13. The lowest BCUT2D eigenvalue weighted by Gasteiger charge is -2.11. The maximum Gasteiger partial charge on any atom is 0.229 e. The van der Waals surface area contributed by atoms with Crippen LogP contribution in [0.5, 0.6) is 5.75 Å². The van der Waals surface area contributed by atoms with Gasteiger partial charge in [0.1, 0.15) is 5.75 Å². The van der Waals surface area contributed by atoms with Crippen molar-refractivity contribution in [2.75, 3.05) is 11.4 Å². The number of thiol groups is 1. The topological polar surface area (TPSA) is 53.4 Å². The van der Waals surface area contributed by atoms with Gasteiger partial charge in [-0.15, -0.1) is 11.3 Å². The second-order valence-electron chi connectivity index (χ2n) is 4.42. The van der Waals surface area contributed by atoms with E-state index >= 15 is 0 Å². The van der Waals surface area contributed by atoms with Crippen molar-refractivity contribution in [2.24, 2.45) is 0 Å². The molecule has 1 unspecified atom stereocenters. The van der Waals surface area contributed by atoms with Crippen LogP contribution >= 0.6 is 24.0 Å². The number of anilines is 1. The molecular formula is C13H12N2O2S2. The predicted molar refractivity (Wildman–Crippen MR) is 79.0 cm³/mol. The van der Waals surface area contributed by atoms with E-state index in [-0.39, 0.29) is 16.9 Å². The van der Waals surface area contributed by atoms with Gasteiger partial charge in [0, 0.05) is 29.2 Å². The van der Waals surface area contributed by atoms with Crippen LogP contribution in [0.1, 0.15) is 6.42 Å². The van der Waals surface area contributed by atoms with Crippen molar-refractivity contribution in [1.82, 2.24) is 4.98 Å². The standard InChI is InChI=1S/C13H12N2O2S2/c16-9-3-1-8(2-4-9)11-7-19-13(14-11)15-6-10(18)5-12(15)17/h1-4,7,10,16,18H,5-6H2. The van der Waals surface area contributed by atoms with Crippen molar-refractivity contribution >= 4 is 35.0 Å². The first kappa shape index (κ1) is 12.5. The fourth-order valence-corrected chi connectivity index (χ4v) is 3.21. The monoisotopic (exact) mass is 292 g/mol. The molecule has 98 valence electrons. The Morgan fingerprint density at radius 2 is 2.11 bits per heavy atom. The number of benzene rings is 1. The summed E-state index contributed by atoms with van der Waals surface area (Å²) in [5.41, 5.74) is 1.74. The minimum absolute atomic E-state index is 0.0756. The van der Waals surface area contributed by atoms with Gasteiger partial charge in [0.15, 0.2) is 5.13 Å². The highest BCUT2D eigenvalue weighted by molar-refractivity contribution is 7.81. The van der Waals surface area contributed by atoms with Gasteiger partial charge in [-0.3, -0.25) is 9.69 Å². The second-order valence-corrected chi connectivity index (χ2v) is 5.99. The number of nitrogens with zero attached hydrogens (tertiary/aromatic N) is 2. The minimum Gasteiger partial charge on any atom is -0.508 e. The van der Waals surface area contributed by atoms with E-state index < -0.39 is 0 Å². The number of phenols is 1. The Morgan fingerprint density at radius 3 is 2.74 bits per heavy atom. The first-order valence-electron chi connectivity index (χ1n) is 5.87. The summed E-state index contributed by atoms with van der Waals surface area (Å²) in [5.74, 6) is 0.304. The summed E-state index contributed by atoms with van der Waals surface area (Å²) in [4.78, 5) is 18.0. The average molecular weight is 292 g/mol. The van der Waals surface area contributed by atoms with E-state index in [9.17, 15) is 9.90 Å². The number of thiazole rings is 1. The van der Waals surface area contributed by atoms with Crippen LogP contribution in [-0.4, -0.2) is 27.8 Å². The molecule has 1 aromatic carbocycles. The molecule has 1 aliphatic rings. The third-order valence-electron chi connectivity index (χ3n) is 2.99. The number of aromatic hydroxyl groups is 1. The number of rotatable bonds is 2. The molecule has 1 aliphatic heterocycles. The zero-order valence-corrected chi connectivity index (χ0v) is 11.7. The van der Waals surface area contributed by atoms with Gasteiger partial charge in [-0.05, 0) is 24.3 Å². The summed E-state index contributed by atoms with van der Waals surface area (Å²) in [6.45, 7) is 0.616. The number of carbonyl (C=O) groups excluding carboxylic acids is 1. The molecule has 1 N–H and O–H groups in total. The molecule has 4 nitrogen and oxygen atoms in total. The molecule has 0 aliphatic carbocycles. The smallest absolute Gasteiger partial charge is 0.229 e. The summed E-state index contributed by atoms with van der Waals surface area (Å²) in [7, 11) is 0. The van der Waals surface area contributed by atoms with Gasteiger partial charge in [0.2, 0.25) is 5.91 Å². The van der Waals surface area contributed by atoms with Crippen molar-refractivity contribution in [2.45, 2.75) is 11.7 Å².